The van der Waals surface area contributed by atoms with Crippen LogP contribution in [0.15, 0.2) is 47.6 Å². The lowest BCUT2D eigenvalue weighted by Crippen LogP contribution is -2.26. The van der Waals surface area contributed by atoms with E-state index in [4.69, 9.17) is 11.6 Å². The minimum absolute atomic E-state index is 0.0881. The summed E-state index contributed by atoms with van der Waals surface area (Å²) in [6.45, 7) is 6.29. The first kappa shape index (κ1) is 16.8. The molecule has 0 unspecified atom stereocenters. The summed E-state index contributed by atoms with van der Waals surface area (Å²) in [5.74, 6) is -0.194. The van der Waals surface area contributed by atoms with Gasteiger partial charge in [-0.25, -0.2) is 0 Å². The monoisotopic (exact) mass is 334 g/mol. The van der Waals surface area contributed by atoms with Crippen LogP contribution < -0.4 is 5.32 Å². The molecule has 2 aromatic rings. The van der Waals surface area contributed by atoms with Gasteiger partial charge in [0.15, 0.2) is 0 Å². The van der Waals surface area contributed by atoms with Crippen LogP contribution in [0.1, 0.15) is 42.7 Å². The zero-order valence-electron chi connectivity index (χ0n) is 12.8. The van der Waals surface area contributed by atoms with Gasteiger partial charge in [0, 0.05) is 22.5 Å². The molecule has 0 saturated heterocycles. The van der Waals surface area contributed by atoms with Crippen LogP contribution in [-0.4, -0.2) is 16.1 Å². The first-order chi connectivity index (χ1) is 10.5. The van der Waals surface area contributed by atoms with Crippen molar-refractivity contribution in [1.82, 2.24) is 10.3 Å². The van der Waals surface area contributed by atoms with Crippen molar-refractivity contribution in [2.45, 2.75) is 37.0 Å². The number of hydrogen-bond donors (Lipinski definition) is 1. The highest BCUT2D eigenvalue weighted by Gasteiger charge is 2.14. The normalized spacial score (nSPS) is 12.2. The molecule has 1 aromatic heterocycles. The third-order valence-corrected chi connectivity index (χ3v) is 4.43. The Morgan fingerprint density at radius 1 is 1.18 bits per heavy atom. The van der Waals surface area contributed by atoms with Crippen LogP contribution in [0, 0.1) is 0 Å². The molecule has 0 bridgehead atoms. The molecule has 0 aliphatic carbocycles. The van der Waals surface area contributed by atoms with Crippen molar-refractivity contribution in [2.75, 3.05) is 0 Å². The molecule has 116 valence electrons. The van der Waals surface area contributed by atoms with E-state index in [0.29, 0.717) is 15.8 Å². The molecule has 0 spiro atoms. The Bertz CT molecular complexity index is 643. The highest BCUT2D eigenvalue weighted by Crippen LogP contribution is 2.24. The SMILES string of the molecule is CC(C)Sc1ccc([C@@H](C)NC(=O)c2ccncc2Cl)cc1. The van der Waals surface area contributed by atoms with Crippen LogP contribution in [0.2, 0.25) is 5.02 Å². The minimum Gasteiger partial charge on any atom is -0.345 e. The molecule has 1 aromatic carbocycles. The molecule has 1 heterocycles. The van der Waals surface area contributed by atoms with Gasteiger partial charge in [-0.05, 0) is 30.7 Å². The second-order valence-corrected chi connectivity index (χ2v) is 7.34. The molecule has 3 nitrogen and oxygen atoms in total. The molecule has 0 aliphatic rings. The average Bonchev–Trinajstić information content (AvgIpc) is 2.47. The van der Waals surface area contributed by atoms with Gasteiger partial charge in [0.2, 0.25) is 0 Å². The molecular weight excluding hydrogens is 316 g/mol. The van der Waals surface area contributed by atoms with E-state index in [1.807, 2.05) is 30.8 Å². The summed E-state index contributed by atoms with van der Waals surface area (Å²) in [6, 6.07) is 9.79. The maximum atomic E-state index is 12.2. The van der Waals surface area contributed by atoms with Crippen molar-refractivity contribution in [3.8, 4) is 0 Å². The molecule has 1 N–H and O–H groups in total. The van der Waals surface area contributed by atoms with E-state index in [9.17, 15) is 4.79 Å². The van der Waals surface area contributed by atoms with Gasteiger partial charge >= 0.3 is 0 Å². The highest BCUT2D eigenvalue weighted by molar-refractivity contribution is 7.99. The number of aromatic nitrogens is 1. The Labute approximate surface area is 140 Å². The number of carbonyl (C=O) groups excluding carboxylic acids is 1. The molecule has 0 saturated carbocycles. The number of nitrogens with zero attached hydrogens (tertiary/aromatic N) is 1. The number of carbonyl (C=O) groups is 1. The number of pyridine rings is 1. The molecule has 0 fully saturated rings. The molecule has 5 heteroatoms. The summed E-state index contributed by atoms with van der Waals surface area (Å²) >= 11 is 7.81. The summed E-state index contributed by atoms with van der Waals surface area (Å²) in [7, 11) is 0. The predicted octanol–water partition coefficient (Wildman–Crippen LogP) is 4.73. The summed E-state index contributed by atoms with van der Waals surface area (Å²) in [4.78, 5) is 17.3. The molecule has 22 heavy (non-hydrogen) atoms. The van der Waals surface area contributed by atoms with Gasteiger partial charge < -0.3 is 5.32 Å². The second kappa shape index (κ2) is 7.65. The van der Waals surface area contributed by atoms with Crippen LogP contribution >= 0.6 is 23.4 Å². The van der Waals surface area contributed by atoms with E-state index in [2.05, 4.69) is 36.3 Å². The number of nitrogens with one attached hydrogen (secondary N) is 1. The summed E-state index contributed by atoms with van der Waals surface area (Å²) < 4.78 is 0. The van der Waals surface area contributed by atoms with E-state index in [1.165, 1.54) is 11.1 Å². The largest absolute Gasteiger partial charge is 0.345 e. The second-order valence-electron chi connectivity index (χ2n) is 5.29. The van der Waals surface area contributed by atoms with Crippen LogP contribution in [-0.2, 0) is 0 Å². The van der Waals surface area contributed by atoms with Gasteiger partial charge in [-0.3, -0.25) is 9.78 Å². The lowest BCUT2D eigenvalue weighted by atomic mass is 10.1. The molecule has 0 aliphatic heterocycles. The highest BCUT2D eigenvalue weighted by atomic mass is 35.5. The summed E-state index contributed by atoms with van der Waals surface area (Å²) in [5, 5.41) is 3.87. The fourth-order valence-electron chi connectivity index (χ4n) is 2.02. The zero-order chi connectivity index (χ0) is 16.1. The van der Waals surface area contributed by atoms with Crippen molar-refractivity contribution in [2.24, 2.45) is 0 Å². The standard InChI is InChI=1S/C17H19ClN2OS/c1-11(2)22-14-6-4-13(5-7-14)12(3)20-17(21)15-8-9-19-10-16(15)18/h4-12H,1-3H3,(H,20,21)/t12-/m1/s1. The molecule has 1 amide bonds. The van der Waals surface area contributed by atoms with Crippen molar-refractivity contribution in [3.05, 3.63) is 58.9 Å². The van der Waals surface area contributed by atoms with Gasteiger partial charge in [0.25, 0.3) is 5.91 Å². The third kappa shape index (κ3) is 4.49. The lowest BCUT2D eigenvalue weighted by molar-refractivity contribution is 0.0940. The Balaban J connectivity index is 2.04. The van der Waals surface area contributed by atoms with Crippen LogP contribution in [0.3, 0.4) is 0 Å². The topological polar surface area (TPSA) is 42.0 Å². The Morgan fingerprint density at radius 3 is 2.45 bits per heavy atom. The van der Waals surface area contributed by atoms with E-state index in [1.54, 1.807) is 12.3 Å². The first-order valence-electron chi connectivity index (χ1n) is 7.14. The van der Waals surface area contributed by atoms with Crippen LogP contribution in [0.25, 0.3) is 0 Å². The molecular formula is C17H19ClN2OS. The van der Waals surface area contributed by atoms with Crippen molar-refractivity contribution < 1.29 is 4.79 Å². The van der Waals surface area contributed by atoms with Gasteiger partial charge in [-0.15, -0.1) is 11.8 Å². The van der Waals surface area contributed by atoms with Crippen LogP contribution in [0.5, 0.6) is 0 Å². The van der Waals surface area contributed by atoms with Crippen molar-refractivity contribution in [1.29, 1.82) is 0 Å². The number of hydrogen-bond acceptors (Lipinski definition) is 3. The smallest absolute Gasteiger partial charge is 0.253 e. The quantitative estimate of drug-likeness (QED) is 0.804. The lowest BCUT2D eigenvalue weighted by Gasteiger charge is -2.15. The van der Waals surface area contributed by atoms with Gasteiger partial charge in [0.05, 0.1) is 16.6 Å². The Hall–Kier alpha value is -1.52. The maximum absolute atomic E-state index is 12.2. The maximum Gasteiger partial charge on any atom is 0.253 e. The van der Waals surface area contributed by atoms with E-state index >= 15 is 0 Å². The fraction of sp³-hybridized carbons (Fsp3) is 0.294. The number of amides is 1. The summed E-state index contributed by atoms with van der Waals surface area (Å²) in [5.41, 5.74) is 1.50. The van der Waals surface area contributed by atoms with Crippen LogP contribution in [0.4, 0.5) is 0 Å². The van der Waals surface area contributed by atoms with Crippen molar-refractivity contribution in [3.63, 3.8) is 0 Å². The Morgan fingerprint density at radius 2 is 1.86 bits per heavy atom. The fourth-order valence-corrected chi connectivity index (χ4v) is 3.07. The Kier molecular flexibility index (Phi) is 5.86. The summed E-state index contributed by atoms with van der Waals surface area (Å²) in [6.07, 6.45) is 3.03. The average molecular weight is 335 g/mol. The van der Waals surface area contributed by atoms with Crippen molar-refractivity contribution >= 4 is 29.3 Å². The molecule has 0 radical (unpaired) electrons. The zero-order valence-corrected chi connectivity index (χ0v) is 14.4. The van der Waals surface area contributed by atoms with E-state index in [-0.39, 0.29) is 11.9 Å². The molecule has 2 rings (SSSR count). The van der Waals surface area contributed by atoms with Gasteiger partial charge in [-0.1, -0.05) is 37.6 Å². The van der Waals surface area contributed by atoms with Gasteiger partial charge in [-0.2, -0.15) is 0 Å². The predicted molar refractivity (Wildman–Crippen MR) is 92.6 cm³/mol. The number of benzene rings is 1. The number of rotatable bonds is 5. The minimum atomic E-state index is -0.194. The van der Waals surface area contributed by atoms with E-state index in [0.717, 1.165) is 5.56 Å². The number of thioether (sulfide) groups is 1. The first-order valence-corrected chi connectivity index (χ1v) is 8.40. The molecule has 1 atom stereocenters. The van der Waals surface area contributed by atoms with Gasteiger partial charge in [0.1, 0.15) is 0 Å². The van der Waals surface area contributed by atoms with E-state index < -0.39 is 0 Å². The number of halogens is 1. The third-order valence-electron chi connectivity index (χ3n) is 3.12.